The molecule has 0 saturated carbocycles. The zero-order valence-corrected chi connectivity index (χ0v) is 13.5. The van der Waals surface area contributed by atoms with Gasteiger partial charge in [0, 0.05) is 4.47 Å². The first-order valence-corrected chi connectivity index (χ1v) is 7.03. The second-order valence-corrected chi connectivity index (χ2v) is 6.36. The molecule has 0 spiro atoms. The molecule has 2 N–H and O–H groups in total. The summed E-state index contributed by atoms with van der Waals surface area (Å²) in [5, 5.41) is 23.4. The Hall–Kier alpha value is -1.60. The molecule has 0 aliphatic carbocycles. The van der Waals surface area contributed by atoms with E-state index in [0.717, 1.165) is 0 Å². The Balaban J connectivity index is 2.87. The molecule has 1 amide bonds. The number of aliphatic hydroxyl groups excluding tert-OH is 1. The van der Waals surface area contributed by atoms with Crippen LogP contribution in [0.5, 0.6) is 0 Å². The number of aliphatic carboxylic acids is 1. The molecule has 0 saturated heterocycles. The average molecular weight is 359 g/mol. The van der Waals surface area contributed by atoms with E-state index >= 15 is 0 Å². The molecule has 0 aliphatic heterocycles. The maximum Gasteiger partial charge on any atom is 0.408 e. The maximum absolute atomic E-state index is 11.6. The molecular formula is C14H17BrNO5-. The molecule has 1 rings (SSSR count). The first-order valence-electron chi connectivity index (χ1n) is 6.24. The number of amides is 1. The zero-order valence-electron chi connectivity index (χ0n) is 11.9. The summed E-state index contributed by atoms with van der Waals surface area (Å²) >= 11 is 3.22. The van der Waals surface area contributed by atoms with Gasteiger partial charge in [-0.15, -0.1) is 0 Å². The highest BCUT2D eigenvalue weighted by molar-refractivity contribution is 9.10. The number of carboxylic acids is 1. The molecule has 0 heterocycles. The van der Waals surface area contributed by atoms with Crippen molar-refractivity contribution in [1.29, 1.82) is 0 Å². The number of ether oxygens (including phenoxy) is 1. The summed E-state index contributed by atoms with van der Waals surface area (Å²) in [6.07, 6.45) is -2.40. The number of halogens is 1. The minimum Gasteiger partial charge on any atom is -0.548 e. The Labute approximate surface area is 131 Å². The third kappa shape index (κ3) is 5.73. The van der Waals surface area contributed by atoms with Gasteiger partial charge in [0.2, 0.25) is 0 Å². The third-order valence-corrected chi connectivity index (χ3v) is 2.93. The first-order chi connectivity index (χ1) is 9.60. The number of carbonyl (C=O) groups excluding carboxylic acids is 2. The highest BCUT2D eigenvalue weighted by atomic mass is 79.9. The summed E-state index contributed by atoms with van der Waals surface area (Å²) in [7, 11) is 0. The predicted molar refractivity (Wildman–Crippen MR) is 77.3 cm³/mol. The van der Waals surface area contributed by atoms with Crippen molar-refractivity contribution in [1.82, 2.24) is 5.32 Å². The van der Waals surface area contributed by atoms with Crippen LogP contribution in [-0.2, 0) is 9.53 Å². The zero-order chi connectivity index (χ0) is 16.2. The number of benzene rings is 1. The molecule has 7 heteroatoms. The molecule has 21 heavy (non-hydrogen) atoms. The third-order valence-electron chi connectivity index (χ3n) is 2.43. The van der Waals surface area contributed by atoms with Gasteiger partial charge < -0.3 is 25.1 Å². The van der Waals surface area contributed by atoms with E-state index in [2.05, 4.69) is 21.2 Å². The monoisotopic (exact) mass is 358 g/mol. The predicted octanol–water partition coefficient (Wildman–Crippen LogP) is 1.13. The van der Waals surface area contributed by atoms with E-state index in [9.17, 15) is 19.8 Å². The van der Waals surface area contributed by atoms with Gasteiger partial charge in [-0.3, -0.25) is 0 Å². The van der Waals surface area contributed by atoms with Crippen LogP contribution in [0.25, 0.3) is 0 Å². The molecule has 0 bridgehead atoms. The number of nitrogens with one attached hydrogen (secondary N) is 1. The first kappa shape index (κ1) is 17.5. The fourth-order valence-corrected chi connectivity index (χ4v) is 2.00. The van der Waals surface area contributed by atoms with E-state index in [-0.39, 0.29) is 0 Å². The van der Waals surface area contributed by atoms with Crippen molar-refractivity contribution >= 4 is 28.0 Å². The van der Waals surface area contributed by atoms with Gasteiger partial charge in [0.1, 0.15) is 17.7 Å². The fourth-order valence-electron chi connectivity index (χ4n) is 1.58. The van der Waals surface area contributed by atoms with Crippen LogP contribution < -0.4 is 10.4 Å². The molecular weight excluding hydrogens is 342 g/mol. The lowest BCUT2D eigenvalue weighted by molar-refractivity contribution is -0.310. The molecule has 0 fully saturated rings. The van der Waals surface area contributed by atoms with Crippen LogP contribution in [0.1, 0.15) is 32.4 Å². The normalized spacial score (nSPS) is 14.1. The van der Waals surface area contributed by atoms with E-state index < -0.39 is 29.8 Å². The van der Waals surface area contributed by atoms with Crippen molar-refractivity contribution < 1.29 is 24.5 Å². The van der Waals surface area contributed by atoms with E-state index in [4.69, 9.17) is 4.74 Å². The lowest BCUT2D eigenvalue weighted by atomic mass is 10.0. The molecule has 1 aromatic carbocycles. The maximum atomic E-state index is 11.6. The van der Waals surface area contributed by atoms with Crippen molar-refractivity contribution in [2.75, 3.05) is 0 Å². The van der Waals surface area contributed by atoms with Gasteiger partial charge in [-0.25, -0.2) is 4.79 Å². The van der Waals surface area contributed by atoms with Crippen molar-refractivity contribution in [2.24, 2.45) is 0 Å². The number of carboxylic acid groups (broad SMARTS) is 1. The number of carbonyl (C=O) groups is 2. The lowest BCUT2D eigenvalue weighted by Crippen LogP contribution is -2.52. The van der Waals surface area contributed by atoms with Crippen LogP contribution in [-0.4, -0.2) is 28.8 Å². The van der Waals surface area contributed by atoms with E-state index in [1.807, 2.05) is 0 Å². The lowest BCUT2D eigenvalue weighted by Gasteiger charge is -2.27. The largest absolute Gasteiger partial charge is 0.548 e. The van der Waals surface area contributed by atoms with Crippen LogP contribution in [0.2, 0.25) is 0 Å². The van der Waals surface area contributed by atoms with Crippen molar-refractivity contribution in [3.05, 3.63) is 34.3 Å². The Bertz CT molecular complexity index is 526. The Morgan fingerprint density at radius 3 is 2.48 bits per heavy atom. The molecule has 1 aromatic rings. The standard InChI is InChI=1S/C14H18BrNO5/c1-14(2,3)21-13(20)16-10(12(18)19)11(17)8-5-4-6-9(15)7-8/h4-7,10-11,17H,1-3H3,(H,16,20)(H,18,19)/p-1/t10-,11+/m1/s1. The summed E-state index contributed by atoms with van der Waals surface area (Å²) in [4.78, 5) is 22.8. The SMILES string of the molecule is CC(C)(C)OC(=O)N[C@@H](C(=O)[O-])[C@@H](O)c1cccc(Br)c1. The highest BCUT2D eigenvalue weighted by Gasteiger charge is 2.26. The molecule has 0 unspecified atom stereocenters. The van der Waals surface area contributed by atoms with Gasteiger partial charge in [-0.05, 0) is 38.5 Å². The Morgan fingerprint density at radius 2 is 2.00 bits per heavy atom. The number of aliphatic hydroxyl groups is 1. The number of hydrogen-bond donors (Lipinski definition) is 2. The molecule has 2 atom stereocenters. The van der Waals surface area contributed by atoms with E-state index in [1.165, 1.54) is 0 Å². The van der Waals surface area contributed by atoms with Gasteiger partial charge >= 0.3 is 6.09 Å². The van der Waals surface area contributed by atoms with E-state index in [1.54, 1.807) is 45.0 Å². The number of rotatable bonds is 4. The van der Waals surface area contributed by atoms with Crippen LogP contribution in [0.15, 0.2) is 28.7 Å². The quantitative estimate of drug-likeness (QED) is 0.840. The number of hydrogen-bond acceptors (Lipinski definition) is 5. The highest BCUT2D eigenvalue weighted by Crippen LogP contribution is 2.21. The molecule has 0 aromatic heterocycles. The summed E-state index contributed by atoms with van der Waals surface area (Å²) in [5.74, 6) is -1.60. The summed E-state index contributed by atoms with van der Waals surface area (Å²) in [5.41, 5.74) is -0.448. The fraction of sp³-hybridized carbons (Fsp3) is 0.429. The molecule has 0 radical (unpaired) electrons. The Kier molecular flexibility index (Phi) is 5.74. The van der Waals surface area contributed by atoms with Crippen molar-refractivity contribution in [3.63, 3.8) is 0 Å². The topological polar surface area (TPSA) is 98.7 Å². The van der Waals surface area contributed by atoms with Gasteiger partial charge in [-0.1, -0.05) is 28.1 Å². The minimum atomic E-state index is -1.62. The molecule has 6 nitrogen and oxygen atoms in total. The molecule has 116 valence electrons. The van der Waals surface area contributed by atoms with Crippen LogP contribution in [0.4, 0.5) is 4.79 Å². The van der Waals surface area contributed by atoms with Gasteiger partial charge in [0.25, 0.3) is 0 Å². The number of alkyl carbamates (subject to hydrolysis) is 1. The minimum absolute atomic E-state index is 0.328. The van der Waals surface area contributed by atoms with E-state index in [0.29, 0.717) is 10.0 Å². The smallest absolute Gasteiger partial charge is 0.408 e. The Morgan fingerprint density at radius 1 is 1.38 bits per heavy atom. The van der Waals surface area contributed by atoms with Gasteiger partial charge in [0.15, 0.2) is 0 Å². The van der Waals surface area contributed by atoms with Crippen LogP contribution in [0.3, 0.4) is 0 Å². The molecule has 0 aliphatic rings. The summed E-state index contributed by atoms with van der Waals surface area (Å²) < 4.78 is 5.64. The average Bonchev–Trinajstić information content (AvgIpc) is 2.32. The summed E-state index contributed by atoms with van der Waals surface area (Å²) in [6, 6.07) is 4.85. The van der Waals surface area contributed by atoms with Crippen molar-refractivity contribution in [3.8, 4) is 0 Å². The second kappa shape index (κ2) is 6.91. The van der Waals surface area contributed by atoms with Gasteiger partial charge in [0.05, 0.1) is 5.97 Å². The van der Waals surface area contributed by atoms with Crippen LogP contribution >= 0.6 is 15.9 Å². The van der Waals surface area contributed by atoms with Crippen LogP contribution in [0, 0.1) is 0 Å². The summed E-state index contributed by atoms with van der Waals surface area (Å²) in [6.45, 7) is 4.93. The van der Waals surface area contributed by atoms with Gasteiger partial charge in [-0.2, -0.15) is 0 Å². The second-order valence-electron chi connectivity index (χ2n) is 5.44. The van der Waals surface area contributed by atoms with Crippen molar-refractivity contribution in [2.45, 2.75) is 38.5 Å².